The average molecular weight is 256 g/mol. The second kappa shape index (κ2) is 5.13. The van der Waals surface area contributed by atoms with E-state index in [1.165, 1.54) is 11.8 Å². The molecule has 0 bridgehead atoms. The van der Waals surface area contributed by atoms with Crippen LogP contribution in [0.5, 0.6) is 0 Å². The molecule has 0 aliphatic rings. The Morgan fingerprint density at radius 2 is 1.94 bits per heavy atom. The van der Waals surface area contributed by atoms with Crippen molar-refractivity contribution >= 4 is 11.8 Å². The van der Waals surface area contributed by atoms with Crippen LogP contribution in [0.2, 0.25) is 0 Å². The third kappa shape index (κ3) is 2.73. The molecule has 0 aliphatic heterocycles. The zero-order valence-electron chi connectivity index (χ0n) is 8.75. The van der Waals surface area contributed by atoms with Crippen LogP contribution in [0, 0.1) is 0 Å². The fourth-order valence-corrected chi connectivity index (χ4v) is 2.08. The minimum absolute atomic E-state index is 0.282. The first-order chi connectivity index (χ1) is 8.18. The lowest BCUT2D eigenvalue weighted by molar-refractivity contribution is 0.136. The Labute approximate surface area is 101 Å². The van der Waals surface area contributed by atoms with Crippen LogP contribution in [-0.2, 0) is 5.75 Å². The van der Waals surface area contributed by atoms with E-state index in [0.717, 1.165) is 10.2 Å². The first-order valence-corrected chi connectivity index (χ1v) is 5.82. The molecule has 0 saturated heterocycles. The molecule has 2 N–H and O–H groups in total. The van der Waals surface area contributed by atoms with Crippen molar-refractivity contribution in [1.29, 1.82) is 0 Å². The first-order valence-electron chi connectivity index (χ1n) is 4.83. The van der Waals surface area contributed by atoms with E-state index < -0.39 is 12.2 Å². The molecular formula is C10H10F2N4S. The minimum atomic E-state index is -2.71. The summed E-state index contributed by atoms with van der Waals surface area (Å²) in [6.07, 6.45) is -2.71. The number of hydrogen-bond donors (Lipinski definition) is 1. The predicted molar refractivity (Wildman–Crippen MR) is 61.1 cm³/mol. The molecule has 0 aliphatic carbocycles. The van der Waals surface area contributed by atoms with Crippen molar-refractivity contribution < 1.29 is 8.78 Å². The third-order valence-electron chi connectivity index (χ3n) is 2.10. The fraction of sp³-hybridized carbons (Fsp3) is 0.200. The summed E-state index contributed by atoms with van der Waals surface area (Å²) >= 11 is 1.27. The minimum Gasteiger partial charge on any atom is -0.335 e. The molecule has 2 rings (SSSR count). The molecule has 0 fully saturated rings. The highest BCUT2D eigenvalue weighted by Crippen LogP contribution is 2.23. The van der Waals surface area contributed by atoms with Gasteiger partial charge in [-0.1, -0.05) is 42.1 Å². The third-order valence-corrected chi connectivity index (χ3v) is 3.11. The standard InChI is InChI=1S/C10H10F2N4S/c11-8(12)9-14-15-10(16(9)13)17-6-7-4-2-1-3-5-7/h1-5,8H,6,13H2. The number of nitrogen functional groups attached to an aromatic ring is 1. The molecule has 1 heterocycles. The van der Waals surface area contributed by atoms with E-state index in [1.807, 2.05) is 30.3 Å². The average Bonchev–Trinajstić information content (AvgIpc) is 2.69. The van der Waals surface area contributed by atoms with Gasteiger partial charge >= 0.3 is 0 Å². The topological polar surface area (TPSA) is 56.7 Å². The lowest BCUT2D eigenvalue weighted by atomic mass is 10.2. The first kappa shape index (κ1) is 11.8. The molecule has 1 aromatic heterocycles. The summed E-state index contributed by atoms with van der Waals surface area (Å²) in [4.78, 5) is 0. The molecule has 0 spiro atoms. The van der Waals surface area contributed by atoms with E-state index in [-0.39, 0.29) is 5.16 Å². The van der Waals surface area contributed by atoms with Crippen LogP contribution in [0.1, 0.15) is 17.8 Å². The van der Waals surface area contributed by atoms with E-state index in [2.05, 4.69) is 10.2 Å². The maximum absolute atomic E-state index is 12.4. The van der Waals surface area contributed by atoms with Gasteiger partial charge in [0.15, 0.2) is 0 Å². The van der Waals surface area contributed by atoms with Gasteiger partial charge in [0.25, 0.3) is 6.43 Å². The van der Waals surface area contributed by atoms with E-state index in [4.69, 9.17) is 5.84 Å². The highest BCUT2D eigenvalue weighted by atomic mass is 32.2. The number of hydrogen-bond acceptors (Lipinski definition) is 4. The van der Waals surface area contributed by atoms with Gasteiger partial charge in [-0.05, 0) is 5.56 Å². The van der Waals surface area contributed by atoms with Gasteiger partial charge in [0.1, 0.15) is 0 Å². The summed E-state index contributed by atoms with van der Waals surface area (Å²) < 4.78 is 25.6. The van der Waals surface area contributed by atoms with Crippen molar-refractivity contribution in [3.8, 4) is 0 Å². The van der Waals surface area contributed by atoms with Crippen LogP contribution >= 0.6 is 11.8 Å². The summed E-state index contributed by atoms with van der Waals surface area (Å²) in [7, 11) is 0. The highest BCUT2D eigenvalue weighted by Gasteiger charge is 2.18. The molecule has 7 heteroatoms. The SMILES string of the molecule is Nn1c(SCc2ccccc2)nnc1C(F)F. The zero-order chi connectivity index (χ0) is 12.3. The van der Waals surface area contributed by atoms with Gasteiger partial charge in [-0.15, -0.1) is 10.2 Å². The van der Waals surface area contributed by atoms with Crippen molar-refractivity contribution in [1.82, 2.24) is 14.9 Å². The Morgan fingerprint density at radius 1 is 1.24 bits per heavy atom. The van der Waals surface area contributed by atoms with Gasteiger partial charge in [0, 0.05) is 5.75 Å². The number of nitrogens with zero attached hydrogens (tertiary/aromatic N) is 3. The van der Waals surface area contributed by atoms with Gasteiger partial charge in [-0.3, -0.25) is 0 Å². The largest absolute Gasteiger partial charge is 0.335 e. The molecule has 1 aromatic carbocycles. The molecule has 0 radical (unpaired) electrons. The normalized spacial score (nSPS) is 11.0. The second-order valence-corrected chi connectivity index (χ2v) is 4.23. The summed E-state index contributed by atoms with van der Waals surface area (Å²) in [5.41, 5.74) is 1.07. The van der Waals surface area contributed by atoms with Crippen LogP contribution in [0.25, 0.3) is 0 Å². The monoisotopic (exact) mass is 256 g/mol. The number of thioether (sulfide) groups is 1. The van der Waals surface area contributed by atoms with Crippen molar-refractivity contribution in [2.75, 3.05) is 5.84 Å². The summed E-state index contributed by atoms with van der Waals surface area (Å²) in [5.74, 6) is 5.56. The van der Waals surface area contributed by atoms with Crippen molar-refractivity contribution in [2.45, 2.75) is 17.3 Å². The van der Waals surface area contributed by atoms with Gasteiger partial charge in [-0.25, -0.2) is 13.5 Å². The molecule has 17 heavy (non-hydrogen) atoms. The van der Waals surface area contributed by atoms with E-state index in [1.54, 1.807) is 0 Å². The molecule has 2 aromatic rings. The number of rotatable bonds is 4. The summed E-state index contributed by atoms with van der Waals surface area (Å²) in [5, 5.41) is 7.25. The van der Waals surface area contributed by atoms with E-state index in [0.29, 0.717) is 5.75 Å². The lowest BCUT2D eigenvalue weighted by Crippen LogP contribution is -2.14. The summed E-state index contributed by atoms with van der Waals surface area (Å²) in [6, 6.07) is 9.62. The van der Waals surface area contributed by atoms with Crippen LogP contribution in [0.3, 0.4) is 0 Å². The molecule has 4 nitrogen and oxygen atoms in total. The number of alkyl halides is 2. The number of halogens is 2. The van der Waals surface area contributed by atoms with Crippen molar-refractivity contribution in [3.63, 3.8) is 0 Å². The maximum Gasteiger partial charge on any atom is 0.299 e. The zero-order valence-corrected chi connectivity index (χ0v) is 9.57. The molecule has 0 saturated carbocycles. The molecule has 0 amide bonds. The lowest BCUT2D eigenvalue weighted by Gasteiger charge is -2.02. The summed E-state index contributed by atoms with van der Waals surface area (Å²) in [6.45, 7) is 0. The van der Waals surface area contributed by atoms with Gasteiger partial charge in [0.2, 0.25) is 11.0 Å². The van der Waals surface area contributed by atoms with Gasteiger partial charge in [0.05, 0.1) is 0 Å². The molecule has 0 atom stereocenters. The van der Waals surface area contributed by atoms with Gasteiger partial charge < -0.3 is 5.84 Å². The maximum atomic E-state index is 12.4. The Kier molecular flexibility index (Phi) is 3.58. The number of benzene rings is 1. The van der Waals surface area contributed by atoms with Crippen molar-refractivity contribution in [2.24, 2.45) is 0 Å². The van der Waals surface area contributed by atoms with E-state index in [9.17, 15) is 8.78 Å². The van der Waals surface area contributed by atoms with Crippen LogP contribution < -0.4 is 5.84 Å². The Morgan fingerprint density at radius 3 is 2.53 bits per heavy atom. The van der Waals surface area contributed by atoms with Crippen LogP contribution in [0.4, 0.5) is 8.78 Å². The Hall–Kier alpha value is -1.63. The Bertz CT molecular complexity index is 486. The van der Waals surface area contributed by atoms with Crippen LogP contribution in [-0.4, -0.2) is 14.9 Å². The number of aromatic nitrogens is 3. The van der Waals surface area contributed by atoms with Crippen LogP contribution in [0.15, 0.2) is 35.5 Å². The van der Waals surface area contributed by atoms with Gasteiger partial charge in [-0.2, -0.15) is 0 Å². The molecule has 0 unspecified atom stereocenters. The number of nitrogens with two attached hydrogens (primary N) is 1. The molecule has 90 valence electrons. The smallest absolute Gasteiger partial charge is 0.299 e. The molecular weight excluding hydrogens is 246 g/mol. The quantitative estimate of drug-likeness (QED) is 0.673. The predicted octanol–water partition coefficient (Wildman–Crippen LogP) is 2.22. The highest BCUT2D eigenvalue weighted by molar-refractivity contribution is 7.98. The fourth-order valence-electron chi connectivity index (χ4n) is 1.26. The second-order valence-electron chi connectivity index (χ2n) is 3.29. The van der Waals surface area contributed by atoms with E-state index >= 15 is 0 Å². The Balaban J connectivity index is 2.05. The van der Waals surface area contributed by atoms with Crippen molar-refractivity contribution in [3.05, 3.63) is 41.7 Å².